The van der Waals surface area contributed by atoms with Crippen molar-refractivity contribution in [1.29, 1.82) is 0 Å². The molecule has 1 aliphatic rings. The molecule has 0 saturated carbocycles. The molecule has 1 aliphatic heterocycles. The Labute approximate surface area is 141 Å². The minimum Gasteiger partial charge on any atom is -0.370 e. The van der Waals surface area contributed by atoms with Crippen LogP contribution < -0.4 is 11.1 Å². The normalized spacial score (nSPS) is 20.7. The van der Waals surface area contributed by atoms with Crippen molar-refractivity contribution in [1.82, 2.24) is 15.1 Å². The molecule has 1 heterocycles. The second-order valence-corrected chi connectivity index (χ2v) is 6.39. The summed E-state index contributed by atoms with van der Waals surface area (Å²) < 4.78 is 0. The zero-order valence-corrected chi connectivity index (χ0v) is 15.3. The molecule has 0 spiro atoms. The van der Waals surface area contributed by atoms with E-state index in [1.807, 2.05) is 0 Å². The van der Waals surface area contributed by atoms with Crippen molar-refractivity contribution in [2.45, 2.75) is 53.0 Å². The zero-order chi connectivity index (χ0) is 17.2. The molecule has 1 fully saturated rings. The number of likely N-dealkylation sites (N-methyl/N-ethyl adjacent to an activating group) is 1. The van der Waals surface area contributed by atoms with Crippen LogP contribution in [0.2, 0.25) is 0 Å². The highest BCUT2D eigenvalue weighted by Gasteiger charge is 2.23. The van der Waals surface area contributed by atoms with E-state index in [-0.39, 0.29) is 5.91 Å². The van der Waals surface area contributed by atoms with Crippen molar-refractivity contribution < 1.29 is 4.79 Å². The average molecular weight is 326 g/mol. The van der Waals surface area contributed by atoms with E-state index in [4.69, 9.17) is 10.7 Å². The van der Waals surface area contributed by atoms with Crippen LogP contribution in [0.25, 0.3) is 0 Å². The fraction of sp³-hybridized carbons (Fsp3) is 0.882. The summed E-state index contributed by atoms with van der Waals surface area (Å²) in [5.74, 6) is 1.12. The first-order valence-electron chi connectivity index (χ1n) is 9.07. The minimum absolute atomic E-state index is 0.200. The first-order valence-corrected chi connectivity index (χ1v) is 9.07. The number of rotatable bonds is 8. The van der Waals surface area contributed by atoms with Crippen LogP contribution in [0.5, 0.6) is 0 Å². The summed E-state index contributed by atoms with van der Waals surface area (Å²) in [4.78, 5) is 20.7. The molecule has 0 bridgehead atoms. The van der Waals surface area contributed by atoms with E-state index in [1.54, 1.807) is 0 Å². The van der Waals surface area contributed by atoms with E-state index in [0.29, 0.717) is 18.4 Å². The monoisotopic (exact) mass is 325 g/mol. The number of amides is 1. The van der Waals surface area contributed by atoms with Gasteiger partial charge in [-0.3, -0.25) is 14.7 Å². The molecule has 2 unspecified atom stereocenters. The van der Waals surface area contributed by atoms with Gasteiger partial charge < -0.3 is 16.0 Å². The molecule has 1 saturated heterocycles. The van der Waals surface area contributed by atoms with Gasteiger partial charge in [-0.2, -0.15) is 0 Å². The molecule has 3 N–H and O–H groups in total. The van der Waals surface area contributed by atoms with Gasteiger partial charge in [-0.1, -0.05) is 13.8 Å². The zero-order valence-electron chi connectivity index (χ0n) is 15.3. The van der Waals surface area contributed by atoms with Gasteiger partial charge in [0.25, 0.3) is 0 Å². The number of hydrogen-bond acceptors (Lipinski definition) is 3. The van der Waals surface area contributed by atoms with Crippen LogP contribution in [0, 0.1) is 5.92 Å². The van der Waals surface area contributed by atoms with Crippen molar-refractivity contribution in [2.75, 3.05) is 39.3 Å². The summed E-state index contributed by atoms with van der Waals surface area (Å²) in [5, 5.41) is 3.40. The molecule has 0 aromatic carbocycles. The quantitative estimate of drug-likeness (QED) is 0.521. The third-order valence-corrected chi connectivity index (χ3v) is 4.58. The second kappa shape index (κ2) is 10.5. The number of carbonyl (C=O) groups is 1. The molecular formula is C17H35N5O. The Morgan fingerprint density at radius 2 is 2.09 bits per heavy atom. The average Bonchev–Trinajstić information content (AvgIpc) is 2.52. The lowest BCUT2D eigenvalue weighted by molar-refractivity contribution is -0.119. The van der Waals surface area contributed by atoms with Gasteiger partial charge in [0.05, 0.1) is 6.54 Å². The van der Waals surface area contributed by atoms with Gasteiger partial charge >= 0.3 is 0 Å². The Kier molecular flexibility index (Phi) is 8.99. The lowest BCUT2D eigenvalue weighted by atomic mass is 9.95. The minimum atomic E-state index is -0.200. The SMILES string of the molecule is CCNC(=NCC(C)N(CC)CC)N1CCCC(CC(N)=O)C1. The fourth-order valence-electron chi connectivity index (χ4n) is 3.32. The van der Waals surface area contributed by atoms with E-state index >= 15 is 0 Å². The number of piperidine rings is 1. The van der Waals surface area contributed by atoms with Crippen molar-refractivity contribution >= 4 is 11.9 Å². The standard InChI is InChI=1S/C17H35N5O/c1-5-19-17(20-12-14(4)21(6-2)7-3)22-10-8-9-15(13-22)11-16(18)23/h14-15H,5-13H2,1-4H3,(H2,18,23)(H,19,20). The van der Waals surface area contributed by atoms with Crippen molar-refractivity contribution in [3.63, 3.8) is 0 Å². The van der Waals surface area contributed by atoms with Crippen molar-refractivity contribution in [3.8, 4) is 0 Å². The summed E-state index contributed by atoms with van der Waals surface area (Å²) in [6.07, 6.45) is 2.65. The van der Waals surface area contributed by atoms with Gasteiger partial charge in [0.15, 0.2) is 5.96 Å². The molecule has 1 rings (SSSR count). The summed E-state index contributed by atoms with van der Waals surface area (Å²) in [7, 11) is 0. The Morgan fingerprint density at radius 3 is 2.65 bits per heavy atom. The van der Waals surface area contributed by atoms with Gasteiger partial charge in [-0.25, -0.2) is 0 Å². The van der Waals surface area contributed by atoms with Crippen LogP contribution in [0.4, 0.5) is 0 Å². The number of likely N-dealkylation sites (tertiary alicyclic amines) is 1. The number of primary amides is 1. The smallest absolute Gasteiger partial charge is 0.217 e. The molecule has 6 heteroatoms. The maximum Gasteiger partial charge on any atom is 0.217 e. The Morgan fingerprint density at radius 1 is 1.39 bits per heavy atom. The maximum atomic E-state index is 11.2. The predicted molar refractivity (Wildman–Crippen MR) is 96.5 cm³/mol. The van der Waals surface area contributed by atoms with Gasteiger partial charge in [0.1, 0.15) is 0 Å². The number of nitrogens with zero attached hydrogens (tertiary/aromatic N) is 3. The first-order chi connectivity index (χ1) is 11.0. The fourth-order valence-corrected chi connectivity index (χ4v) is 3.32. The van der Waals surface area contributed by atoms with E-state index in [9.17, 15) is 4.79 Å². The highest BCUT2D eigenvalue weighted by molar-refractivity contribution is 5.80. The van der Waals surface area contributed by atoms with Gasteiger partial charge in [-0.15, -0.1) is 0 Å². The van der Waals surface area contributed by atoms with E-state index in [0.717, 1.165) is 58.1 Å². The number of nitrogens with one attached hydrogen (secondary N) is 1. The van der Waals surface area contributed by atoms with Crippen LogP contribution in [-0.2, 0) is 4.79 Å². The van der Waals surface area contributed by atoms with Crippen LogP contribution in [-0.4, -0.2) is 67.0 Å². The Hall–Kier alpha value is -1.30. The van der Waals surface area contributed by atoms with Crippen molar-refractivity contribution in [2.24, 2.45) is 16.6 Å². The summed E-state index contributed by atoms with van der Waals surface area (Å²) >= 11 is 0. The molecule has 1 amide bonds. The topological polar surface area (TPSA) is 74.0 Å². The summed E-state index contributed by atoms with van der Waals surface area (Å²) in [5.41, 5.74) is 5.36. The lowest BCUT2D eigenvalue weighted by Gasteiger charge is -2.35. The summed E-state index contributed by atoms with van der Waals surface area (Å²) in [6, 6.07) is 0.435. The highest BCUT2D eigenvalue weighted by atomic mass is 16.1. The van der Waals surface area contributed by atoms with Crippen LogP contribution >= 0.6 is 0 Å². The van der Waals surface area contributed by atoms with E-state index < -0.39 is 0 Å². The number of nitrogens with two attached hydrogens (primary N) is 1. The van der Waals surface area contributed by atoms with E-state index in [1.165, 1.54) is 0 Å². The third-order valence-electron chi connectivity index (χ3n) is 4.58. The molecular weight excluding hydrogens is 290 g/mol. The summed E-state index contributed by atoms with van der Waals surface area (Å²) in [6.45, 7) is 14.3. The largest absolute Gasteiger partial charge is 0.370 e. The Bertz CT molecular complexity index is 381. The molecule has 0 aromatic heterocycles. The van der Waals surface area contributed by atoms with E-state index in [2.05, 4.69) is 42.8 Å². The molecule has 23 heavy (non-hydrogen) atoms. The van der Waals surface area contributed by atoms with Crippen molar-refractivity contribution in [3.05, 3.63) is 0 Å². The first kappa shape index (κ1) is 19.7. The maximum absolute atomic E-state index is 11.2. The lowest BCUT2D eigenvalue weighted by Crippen LogP contribution is -2.47. The van der Waals surface area contributed by atoms with Gasteiger partial charge in [0.2, 0.25) is 5.91 Å². The predicted octanol–water partition coefficient (Wildman–Crippen LogP) is 1.27. The van der Waals surface area contributed by atoms with Crippen LogP contribution in [0.3, 0.4) is 0 Å². The second-order valence-electron chi connectivity index (χ2n) is 6.39. The van der Waals surface area contributed by atoms with Gasteiger partial charge in [-0.05, 0) is 45.7 Å². The molecule has 2 atom stereocenters. The molecule has 0 radical (unpaired) electrons. The highest BCUT2D eigenvalue weighted by Crippen LogP contribution is 2.19. The van der Waals surface area contributed by atoms with Crippen LogP contribution in [0.15, 0.2) is 4.99 Å². The van der Waals surface area contributed by atoms with Gasteiger partial charge in [0, 0.05) is 32.1 Å². The number of carbonyl (C=O) groups excluding carboxylic acids is 1. The Balaban J connectivity index is 2.68. The molecule has 134 valence electrons. The number of aliphatic imine (C=N–C) groups is 1. The molecule has 0 aromatic rings. The van der Waals surface area contributed by atoms with Crippen LogP contribution in [0.1, 0.15) is 47.0 Å². The number of hydrogen-bond donors (Lipinski definition) is 2. The third kappa shape index (κ3) is 6.77. The molecule has 0 aliphatic carbocycles. The molecule has 6 nitrogen and oxygen atoms in total. The number of guanidine groups is 1.